The molecule has 0 amide bonds. The van der Waals surface area contributed by atoms with E-state index in [2.05, 4.69) is 46.6 Å². The van der Waals surface area contributed by atoms with E-state index < -0.39 is 6.10 Å². The lowest BCUT2D eigenvalue weighted by Crippen LogP contribution is -2.32. The molecule has 37 heavy (non-hydrogen) atoms. The fourth-order valence-corrected chi connectivity index (χ4v) is 5.09. The number of aromatic nitrogens is 3. The van der Waals surface area contributed by atoms with Gasteiger partial charge in [0, 0.05) is 16.7 Å². The Bertz CT molecular complexity index is 1490. The highest BCUT2D eigenvalue weighted by atomic mass is 16.5. The molecule has 188 valence electrons. The molecule has 6 rings (SSSR count). The molecule has 1 aromatic heterocycles. The molecule has 0 fully saturated rings. The lowest BCUT2D eigenvalue weighted by molar-refractivity contribution is 0.222. The molecule has 0 bridgehead atoms. The highest BCUT2D eigenvalue weighted by Gasteiger charge is 2.41. The van der Waals surface area contributed by atoms with Gasteiger partial charge in [-0.2, -0.15) is 10.1 Å². The summed E-state index contributed by atoms with van der Waals surface area (Å²) in [6, 6.07) is 20.0. The van der Waals surface area contributed by atoms with Gasteiger partial charge in [0.25, 0.3) is 0 Å². The Balaban J connectivity index is 1.58. The average Bonchev–Trinajstić information content (AvgIpc) is 3.40. The minimum Gasteiger partial charge on any atom is -0.497 e. The maximum absolute atomic E-state index is 6.75. The predicted octanol–water partition coefficient (Wildman–Crippen LogP) is 5.56. The lowest BCUT2D eigenvalue weighted by Gasteiger charge is -2.39. The maximum atomic E-state index is 6.75. The zero-order valence-electron chi connectivity index (χ0n) is 21.2. The van der Waals surface area contributed by atoms with Crippen LogP contribution < -0.4 is 24.3 Å². The number of aryl methyl sites for hydroxylation is 1. The summed E-state index contributed by atoms with van der Waals surface area (Å²) in [4.78, 5) is 4.51. The van der Waals surface area contributed by atoms with E-state index in [1.807, 2.05) is 48.0 Å². The van der Waals surface area contributed by atoms with Crippen molar-refractivity contribution in [2.45, 2.75) is 26.0 Å². The van der Waals surface area contributed by atoms with Crippen molar-refractivity contribution in [2.24, 2.45) is 0 Å². The molecule has 0 spiro atoms. The number of fused-ring (bicyclic) bond motifs is 3. The summed E-state index contributed by atoms with van der Waals surface area (Å²) >= 11 is 0. The van der Waals surface area contributed by atoms with Crippen molar-refractivity contribution in [3.63, 3.8) is 0 Å². The molecule has 0 unspecified atom stereocenters. The van der Waals surface area contributed by atoms with E-state index >= 15 is 0 Å². The number of rotatable bonds is 6. The van der Waals surface area contributed by atoms with Crippen LogP contribution in [0.5, 0.6) is 23.0 Å². The van der Waals surface area contributed by atoms with Gasteiger partial charge in [0.1, 0.15) is 30.0 Å². The van der Waals surface area contributed by atoms with Gasteiger partial charge in [0.15, 0.2) is 11.5 Å². The van der Waals surface area contributed by atoms with Crippen LogP contribution in [0.2, 0.25) is 0 Å². The van der Waals surface area contributed by atoms with Crippen molar-refractivity contribution in [3.05, 3.63) is 94.8 Å². The minimum absolute atomic E-state index is 0.254. The van der Waals surface area contributed by atoms with Gasteiger partial charge in [0.2, 0.25) is 5.95 Å². The van der Waals surface area contributed by atoms with Crippen LogP contribution in [0.25, 0.3) is 5.70 Å². The van der Waals surface area contributed by atoms with E-state index in [4.69, 9.17) is 18.9 Å². The molecule has 8 nitrogen and oxygen atoms in total. The molecular formula is C29H28N4O4. The molecule has 0 aliphatic carbocycles. The molecule has 8 heteroatoms. The molecule has 0 saturated carbocycles. The van der Waals surface area contributed by atoms with Crippen LogP contribution in [0.3, 0.4) is 0 Å². The summed E-state index contributed by atoms with van der Waals surface area (Å²) < 4.78 is 25.5. The zero-order chi connectivity index (χ0) is 25.5. The molecular weight excluding hydrogens is 468 g/mol. The standard InChI is InChI=1S/C29H28N4O4/c1-5-36-23-13-9-19(15-24(23)35-4)28-25-26(21-14-17(2)6-12-22(21)37-28)32-29-30-16-31-33(29)27(25)18-7-10-20(34-3)11-8-18/h6-16,27-28H,5H2,1-4H3,(H,30,31,32)/t27-,28+/m1/s1. The second-order valence-electron chi connectivity index (χ2n) is 9.00. The summed E-state index contributed by atoms with van der Waals surface area (Å²) in [6.07, 6.45) is 1.16. The second kappa shape index (κ2) is 9.20. The van der Waals surface area contributed by atoms with Crippen molar-refractivity contribution >= 4 is 11.6 Å². The SMILES string of the molecule is CCOc1ccc([C@@H]2Oc3ccc(C)cc3C3=C2[C@@H](c2ccc(OC)cc2)n2ncnc2N3)cc1OC. The Hall–Kier alpha value is -4.46. The first-order valence-electron chi connectivity index (χ1n) is 12.2. The highest BCUT2D eigenvalue weighted by molar-refractivity contribution is 5.85. The van der Waals surface area contributed by atoms with Gasteiger partial charge in [-0.15, -0.1) is 0 Å². The monoisotopic (exact) mass is 496 g/mol. The third-order valence-electron chi connectivity index (χ3n) is 6.79. The van der Waals surface area contributed by atoms with Crippen LogP contribution in [0.15, 0.2) is 72.6 Å². The summed E-state index contributed by atoms with van der Waals surface area (Å²) in [7, 11) is 3.31. The third kappa shape index (κ3) is 3.85. The molecule has 2 atom stereocenters. The number of anilines is 1. The first-order valence-corrected chi connectivity index (χ1v) is 12.2. The fraction of sp³-hybridized carbons (Fsp3) is 0.241. The smallest absolute Gasteiger partial charge is 0.226 e. The van der Waals surface area contributed by atoms with Crippen LogP contribution in [-0.2, 0) is 0 Å². The molecule has 3 heterocycles. The minimum atomic E-state index is -0.410. The molecule has 0 radical (unpaired) electrons. The normalized spacial score (nSPS) is 17.6. The fourth-order valence-electron chi connectivity index (χ4n) is 5.09. The van der Waals surface area contributed by atoms with Gasteiger partial charge in [0.05, 0.1) is 26.5 Å². The molecule has 3 aromatic carbocycles. The lowest BCUT2D eigenvalue weighted by atomic mass is 9.84. The van der Waals surface area contributed by atoms with Crippen molar-refractivity contribution in [3.8, 4) is 23.0 Å². The van der Waals surface area contributed by atoms with Gasteiger partial charge in [-0.05, 0) is 55.8 Å². The number of ether oxygens (including phenoxy) is 4. The summed E-state index contributed by atoms with van der Waals surface area (Å²) in [5.41, 5.74) is 6.14. The van der Waals surface area contributed by atoms with Gasteiger partial charge in [-0.1, -0.05) is 29.8 Å². The number of nitrogens with zero attached hydrogens (tertiary/aromatic N) is 3. The van der Waals surface area contributed by atoms with E-state index in [0.717, 1.165) is 45.0 Å². The quantitative estimate of drug-likeness (QED) is 0.374. The molecule has 4 aromatic rings. The largest absolute Gasteiger partial charge is 0.497 e. The Morgan fingerprint density at radius 2 is 1.76 bits per heavy atom. The number of hydrogen-bond acceptors (Lipinski definition) is 7. The van der Waals surface area contributed by atoms with Crippen molar-refractivity contribution < 1.29 is 18.9 Å². The third-order valence-corrected chi connectivity index (χ3v) is 6.79. The van der Waals surface area contributed by atoms with E-state index in [1.54, 1.807) is 20.5 Å². The first kappa shape index (κ1) is 23.0. The van der Waals surface area contributed by atoms with E-state index in [0.29, 0.717) is 24.1 Å². The van der Waals surface area contributed by atoms with Gasteiger partial charge in [-0.25, -0.2) is 4.68 Å². The van der Waals surface area contributed by atoms with Crippen LogP contribution in [0, 0.1) is 6.92 Å². The number of methoxy groups -OCH3 is 2. The zero-order valence-corrected chi connectivity index (χ0v) is 21.2. The first-order chi connectivity index (χ1) is 18.1. The molecule has 2 aliphatic rings. The Morgan fingerprint density at radius 3 is 2.51 bits per heavy atom. The topological polar surface area (TPSA) is 79.7 Å². The Kier molecular flexibility index (Phi) is 5.71. The number of hydrogen-bond donors (Lipinski definition) is 1. The van der Waals surface area contributed by atoms with Crippen molar-refractivity contribution in [1.82, 2.24) is 14.8 Å². The molecule has 2 aliphatic heterocycles. The van der Waals surface area contributed by atoms with Crippen molar-refractivity contribution in [1.29, 1.82) is 0 Å². The van der Waals surface area contributed by atoms with Crippen LogP contribution in [0.4, 0.5) is 5.95 Å². The second-order valence-corrected chi connectivity index (χ2v) is 9.00. The highest BCUT2D eigenvalue weighted by Crippen LogP contribution is 2.51. The maximum Gasteiger partial charge on any atom is 0.226 e. The number of nitrogens with one attached hydrogen (secondary N) is 1. The molecule has 0 saturated heterocycles. The molecule has 1 N–H and O–H groups in total. The van der Waals surface area contributed by atoms with Crippen molar-refractivity contribution in [2.75, 3.05) is 26.1 Å². The van der Waals surface area contributed by atoms with E-state index in [9.17, 15) is 0 Å². The Labute approximate surface area is 215 Å². The average molecular weight is 497 g/mol. The number of benzene rings is 3. The van der Waals surface area contributed by atoms with Gasteiger partial charge >= 0.3 is 0 Å². The van der Waals surface area contributed by atoms with E-state index in [1.165, 1.54) is 0 Å². The Morgan fingerprint density at radius 1 is 0.946 bits per heavy atom. The summed E-state index contributed by atoms with van der Waals surface area (Å²) in [5.74, 6) is 3.63. The predicted molar refractivity (Wildman–Crippen MR) is 140 cm³/mol. The van der Waals surface area contributed by atoms with E-state index in [-0.39, 0.29) is 6.04 Å². The summed E-state index contributed by atoms with van der Waals surface area (Å²) in [6.45, 7) is 4.59. The van der Waals surface area contributed by atoms with Gasteiger partial charge < -0.3 is 24.3 Å². The van der Waals surface area contributed by atoms with Gasteiger partial charge in [-0.3, -0.25) is 0 Å². The van der Waals surface area contributed by atoms with Crippen LogP contribution in [0.1, 0.15) is 41.3 Å². The summed E-state index contributed by atoms with van der Waals surface area (Å²) in [5, 5.41) is 8.15. The van der Waals surface area contributed by atoms with Crippen LogP contribution in [-0.4, -0.2) is 35.6 Å². The van der Waals surface area contributed by atoms with Crippen LogP contribution >= 0.6 is 0 Å².